The lowest BCUT2D eigenvalue weighted by Gasteiger charge is -2.45. The van der Waals surface area contributed by atoms with Crippen LogP contribution in [-0.2, 0) is 4.74 Å². The first-order chi connectivity index (χ1) is 12.8. The van der Waals surface area contributed by atoms with Crippen molar-refractivity contribution in [3.05, 3.63) is 47.9 Å². The quantitative estimate of drug-likeness (QED) is 0.684. The molecule has 0 saturated carbocycles. The highest BCUT2D eigenvalue weighted by Gasteiger charge is 2.39. The average molecular weight is 368 g/mol. The molecule has 0 spiro atoms. The Labute approximate surface area is 159 Å². The van der Waals surface area contributed by atoms with Gasteiger partial charge in [-0.05, 0) is 64.2 Å². The van der Waals surface area contributed by atoms with Gasteiger partial charge in [-0.3, -0.25) is 9.88 Å². The highest BCUT2D eigenvalue weighted by Crippen LogP contribution is 2.39. The van der Waals surface area contributed by atoms with Gasteiger partial charge in [0.05, 0.1) is 11.6 Å². The highest BCUT2D eigenvalue weighted by atomic mass is 19.1. The Bertz CT molecular complexity index is 916. The van der Waals surface area contributed by atoms with E-state index in [1.807, 2.05) is 43.9 Å². The summed E-state index contributed by atoms with van der Waals surface area (Å²) in [4.78, 5) is 18.8. The van der Waals surface area contributed by atoms with Gasteiger partial charge in [-0.25, -0.2) is 9.18 Å². The molecule has 2 bridgehead atoms. The van der Waals surface area contributed by atoms with Crippen LogP contribution in [0.2, 0.25) is 0 Å². The van der Waals surface area contributed by atoms with E-state index in [-0.39, 0.29) is 24.0 Å². The van der Waals surface area contributed by atoms with Crippen molar-refractivity contribution < 1.29 is 13.9 Å². The second-order valence-corrected chi connectivity index (χ2v) is 8.46. The van der Waals surface area contributed by atoms with Crippen molar-refractivity contribution in [1.29, 1.82) is 0 Å². The van der Waals surface area contributed by atoms with Crippen molar-refractivity contribution in [2.75, 3.05) is 0 Å². The number of piperidine rings is 1. The summed E-state index contributed by atoms with van der Waals surface area (Å²) >= 11 is 0. The Morgan fingerprint density at radius 3 is 2.85 bits per heavy atom. The van der Waals surface area contributed by atoms with Crippen LogP contribution in [0.4, 0.5) is 9.18 Å². The molecule has 4 rings (SSSR count). The van der Waals surface area contributed by atoms with Crippen LogP contribution in [0.5, 0.6) is 0 Å². The fraction of sp³-hybridized carbons (Fsp3) is 0.455. The summed E-state index contributed by atoms with van der Waals surface area (Å²) in [5, 5.41) is 0.925. The van der Waals surface area contributed by atoms with E-state index in [4.69, 9.17) is 4.74 Å². The van der Waals surface area contributed by atoms with Crippen LogP contribution in [0, 0.1) is 5.82 Å². The summed E-state index contributed by atoms with van der Waals surface area (Å²) in [6, 6.07) is 7.21. The zero-order valence-corrected chi connectivity index (χ0v) is 16.0. The Balaban J connectivity index is 1.68. The number of ether oxygens (including phenoxy) is 1. The number of carbonyl (C=O) groups is 1. The predicted molar refractivity (Wildman–Crippen MR) is 104 cm³/mol. The van der Waals surface area contributed by atoms with E-state index in [0.29, 0.717) is 17.5 Å². The molecule has 2 aliphatic rings. The van der Waals surface area contributed by atoms with Gasteiger partial charge >= 0.3 is 6.09 Å². The molecule has 1 amide bonds. The summed E-state index contributed by atoms with van der Waals surface area (Å²) in [5.41, 5.74) is 1.74. The molecule has 1 aromatic heterocycles. The van der Waals surface area contributed by atoms with Crippen molar-refractivity contribution >= 4 is 22.6 Å². The lowest BCUT2D eigenvalue weighted by Crippen LogP contribution is -2.53. The molecule has 27 heavy (non-hydrogen) atoms. The van der Waals surface area contributed by atoms with E-state index in [9.17, 15) is 9.18 Å². The molecule has 5 heteroatoms. The third-order valence-electron chi connectivity index (χ3n) is 5.28. The minimum Gasteiger partial charge on any atom is -0.444 e. The van der Waals surface area contributed by atoms with Crippen molar-refractivity contribution in [1.82, 2.24) is 9.88 Å². The van der Waals surface area contributed by atoms with E-state index >= 15 is 0 Å². The Hall–Kier alpha value is -2.43. The molecule has 0 radical (unpaired) electrons. The Morgan fingerprint density at radius 2 is 2.11 bits per heavy atom. The van der Waals surface area contributed by atoms with Crippen LogP contribution in [0.3, 0.4) is 0 Å². The van der Waals surface area contributed by atoms with Gasteiger partial charge in [0.1, 0.15) is 11.4 Å². The molecule has 2 unspecified atom stereocenters. The number of carbonyl (C=O) groups excluding carboxylic acids is 1. The maximum atomic E-state index is 14.8. The first-order valence-corrected chi connectivity index (χ1v) is 9.58. The molecule has 2 atom stereocenters. The second kappa shape index (κ2) is 6.63. The molecule has 1 aromatic carbocycles. The van der Waals surface area contributed by atoms with Crippen LogP contribution >= 0.6 is 0 Å². The molecular weight excluding hydrogens is 343 g/mol. The number of nitrogens with zero attached hydrogens (tertiary/aromatic N) is 2. The number of hydrogen-bond donors (Lipinski definition) is 0. The van der Waals surface area contributed by atoms with Crippen LogP contribution in [-0.4, -0.2) is 33.7 Å². The second-order valence-electron chi connectivity index (χ2n) is 8.46. The largest absolute Gasteiger partial charge is 0.444 e. The molecular formula is C22H25FN2O2. The monoisotopic (exact) mass is 368 g/mol. The third kappa shape index (κ3) is 3.55. The average Bonchev–Trinajstić information content (AvgIpc) is 2.58. The summed E-state index contributed by atoms with van der Waals surface area (Å²) in [6.45, 7) is 5.64. The normalized spacial score (nSPS) is 22.5. The Morgan fingerprint density at radius 1 is 1.30 bits per heavy atom. The van der Waals surface area contributed by atoms with Gasteiger partial charge in [0.15, 0.2) is 0 Å². The van der Waals surface area contributed by atoms with Crippen LogP contribution in [0.25, 0.3) is 16.5 Å². The molecule has 0 N–H and O–H groups in total. The molecule has 1 saturated heterocycles. The summed E-state index contributed by atoms with van der Waals surface area (Å²) in [6.07, 6.45) is 6.99. The number of amides is 1. The standard InChI is InChI=1S/C22H25FN2O2/c1-22(2,3)27-21(26)25-16-7-4-8-17(25)11-15(10-16)18-12-14-6-5-9-24-20(14)13-19(18)23/h5-6,9-10,12-13,16-17H,4,7-8,11H2,1-3H3. The smallest absolute Gasteiger partial charge is 0.411 e. The number of rotatable bonds is 1. The number of pyridine rings is 1. The molecule has 4 nitrogen and oxygen atoms in total. The zero-order valence-electron chi connectivity index (χ0n) is 16.0. The van der Waals surface area contributed by atoms with Gasteiger partial charge in [-0.2, -0.15) is 0 Å². The predicted octanol–water partition coefficient (Wildman–Crippen LogP) is 5.32. The van der Waals surface area contributed by atoms with Gasteiger partial charge in [0.2, 0.25) is 0 Å². The molecule has 0 aliphatic carbocycles. The molecule has 2 aliphatic heterocycles. The first-order valence-electron chi connectivity index (χ1n) is 9.58. The third-order valence-corrected chi connectivity index (χ3v) is 5.28. The van der Waals surface area contributed by atoms with Gasteiger partial charge in [0.25, 0.3) is 0 Å². The van der Waals surface area contributed by atoms with E-state index in [0.717, 1.165) is 30.2 Å². The topological polar surface area (TPSA) is 42.4 Å². The summed E-state index contributed by atoms with van der Waals surface area (Å²) in [5.74, 6) is -0.253. The van der Waals surface area contributed by atoms with Crippen molar-refractivity contribution in [3.63, 3.8) is 0 Å². The molecule has 142 valence electrons. The van der Waals surface area contributed by atoms with Gasteiger partial charge < -0.3 is 4.74 Å². The maximum absolute atomic E-state index is 14.8. The number of halogens is 1. The number of benzene rings is 1. The zero-order chi connectivity index (χ0) is 19.2. The van der Waals surface area contributed by atoms with Crippen LogP contribution < -0.4 is 0 Å². The fourth-order valence-corrected chi connectivity index (χ4v) is 4.17. The number of aromatic nitrogens is 1. The van der Waals surface area contributed by atoms with E-state index in [2.05, 4.69) is 11.1 Å². The number of hydrogen-bond acceptors (Lipinski definition) is 3. The minimum atomic E-state index is -0.521. The van der Waals surface area contributed by atoms with E-state index in [1.54, 1.807) is 6.20 Å². The van der Waals surface area contributed by atoms with Gasteiger partial charge in [0, 0.05) is 29.3 Å². The minimum absolute atomic E-state index is 0.0358. The molecule has 1 fully saturated rings. The highest BCUT2D eigenvalue weighted by molar-refractivity contribution is 5.84. The van der Waals surface area contributed by atoms with E-state index in [1.165, 1.54) is 6.07 Å². The SMILES string of the molecule is CC(C)(C)OC(=O)N1C2C=C(c3cc4cccnc4cc3F)CC1CCC2. The van der Waals surface area contributed by atoms with Crippen molar-refractivity contribution in [3.8, 4) is 0 Å². The summed E-state index contributed by atoms with van der Waals surface area (Å²) in [7, 11) is 0. The lowest BCUT2D eigenvalue weighted by atomic mass is 9.82. The molecule has 2 aromatic rings. The van der Waals surface area contributed by atoms with Crippen LogP contribution in [0.15, 0.2) is 36.5 Å². The summed E-state index contributed by atoms with van der Waals surface area (Å²) < 4.78 is 20.4. The Kier molecular flexibility index (Phi) is 4.41. The fourth-order valence-electron chi connectivity index (χ4n) is 4.17. The maximum Gasteiger partial charge on any atom is 0.411 e. The number of fused-ring (bicyclic) bond motifs is 3. The van der Waals surface area contributed by atoms with Crippen LogP contribution in [0.1, 0.15) is 52.0 Å². The first kappa shape index (κ1) is 18.0. The van der Waals surface area contributed by atoms with Gasteiger partial charge in [-0.1, -0.05) is 12.1 Å². The van der Waals surface area contributed by atoms with Crippen molar-refractivity contribution in [2.24, 2.45) is 0 Å². The molecule has 3 heterocycles. The van der Waals surface area contributed by atoms with Crippen molar-refractivity contribution in [2.45, 2.75) is 64.1 Å². The van der Waals surface area contributed by atoms with E-state index < -0.39 is 5.60 Å². The van der Waals surface area contributed by atoms with Gasteiger partial charge in [-0.15, -0.1) is 0 Å². The lowest BCUT2D eigenvalue weighted by molar-refractivity contribution is 0.0000785.